The Labute approximate surface area is 118 Å². The molecule has 0 saturated carbocycles. The summed E-state index contributed by atoms with van der Waals surface area (Å²) in [6, 6.07) is 5.47. The smallest absolute Gasteiger partial charge is 0.256 e. The third-order valence-electron chi connectivity index (χ3n) is 2.74. The number of aromatic nitrogens is 2. The van der Waals surface area contributed by atoms with Crippen molar-refractivity contribution in [2.24, 2.45) is 0 Å². The number of hydrogen-bond acceptors (Lipinski definition) is 4. The van der Waals surface area contributed by atoms with Crippen molar-refractivity contribution in [1.29, 1.82) is 0 Å². The normalized spacial score (nSPS) is 10.8. The molecule has 0 fully saturated rings. The van der Waals surface area contributed by atoms with Gasteiger partial charge in [0.25, 0.3) is 5.88 Å². The second kappa shape index (κ2) is 6.43. The molecule has 0 unspecified atom stereocenters. The first kappa shape index (κ1) is 14.4. The van der Waals surface area contributed by atoms with Crippen LogP contribution in [0, 0.1) is 12.7 Å². The van der Waals surface area contributed by atoms with E-state index >= 15 is 0 Å². The lowest BCUT2D eigenvalue weighted by atomic mass is 10.2. The Morgan fingerprint density at radius 3 is 2.70 bits per heavy atom. The van der Waals surface area contributed by atoms with E-state index in [0.29, 0.717) is 17.9 Å². The molecule has 5 heteroatoms. The Morgan fingerprint density at radius 1 is 1.25 bits per heavy atom. The molecule has 2 rings (SSSR count). The van der Waals surface area contributed by atoms with Gasteiger partial charge < -0.3 is 10.1 Å². The van der Waals surface area contributed by atoms with Gasteiger partial charge in [-0.2, -0.15) is 0 Å². The van der Waals surface area contributed by atoms with E-state index in [0.717, 1.165) is 5.69 Å². The first-order valence-electron chi connectivity index (χ1n) is 6.53. The summed E-state index contributed by atoms with van der Waals surface area (Å²) < 4.78 is 19.7. The molecule has 0 aromatic carbocycles. The zero-order valence-electron chi connectivity index (χ0n) is 11.9. The maximum absolute atomic E-state index is 14.2. The summed E-state index contributed by atoms with van der Waals surface area (Å²) >= 11 is 0. The number of ether oxygens (including phenoxy) is 1. The van der Waals surface area contributed by atoms with Crippen molar-refractivity contribution in [2.75, 3.05) is 0 Å². The van der Waals surface area contributed by atoms with E-state index in [1.807, 2.05) is 20.8 Å². The first-order valence-corrected chi connectivity index (χ1v) is 6.53. The summed E-state index contributed by atoms with van der Waals surface area (Å²) in [7, 11) is 0. The molecule has 1 N–H and O–H groups in total. The molecule has 2 heterocycles. The van der Waals surface area contributed by atoms with E-state index in [2.05, 4.69) is 15.3 Å². The fourth-order valence-electron chi connectivity index (χ4n) is 1.61. The lowest BCUT2D eigenvalue weighted by Crippen LogP contribution is -2.22. The molecule has 0 bridgehead atoms. The summed E-state index contributed by atoms with van der Waals surface area (Å²) in [4.78, 5) is 8.03. The molecule has 0 spiro atoms. The van der Waals surface area contributed by atoms with Crippen LogP contribution in [0.1, 0.15) is 25.1 Å². The van der Waals surface area contributed by atoms with E-state index in [4.69, 9.17) is 4.74 Å². The molecule has 0 aliphatic rings. The Bertz CT molecular complexity index is 570. The van der Waals surface area contributed by atoms with Crippen molar-refractivity contribution in [2.45, 2.75) is 33.4 Å². The van der Waals surface area contributed by atoms with Gasteiger partial charge in [-0.3, -0.25) is 4.98 Å². The molecule has 4 nitrogen and oxygen atoms in total. The molecule has 2 aromatic rings. The second-order valence-corrected chi connectivity index (χ2v) is 4.86. The Morgan fingerprint density at radius 2 is 2.05 bits per heavy atom. The van der Waals surface area contributed by atoms with Gasteiger partial charge in [0.2, 0.25) is 0 Å². The molecule has 106 valence electrons. The van der Waals surface area contributed by atoms with Gasteiger partial charge in [0.1, 0.15) is 5.75 Å². The van der Waals surface area contributed by atoms with Crippen molar-refractivity contribution in [1.82, 2.24) is 15.3 Å². The summed E-state index contributed by atoms with van der Waals surface area (Å²) in [5, 5.41) is 3.17. The largest absolute Gasteiger partial charge is 0.435 e. The van der Waals surface area contributed by atoms with Crippen LogP contribution >= 0.6 is 0 Å². The summed E-state index contributed by atoms with van der Waals surface area (Å²) in [5.41, 5.74) is 1.41. The Hall–Kier alpha value is -2.01. The van der Waals surface area contributed by atoms with Crippen LogP contribution in [0.3, 0.4) is 0 Å². The second-order valence-electron chi connectivity index (χ2n) is 4.86. The number of nitrogens with zero attached hydrogens (tertiary/aromatic N) is 2. The van der Waals surface area contributed by atoms with Crippen molar-refractivity contribution in [3.8, 4) is 11.6 Å². The van der Waals surface area contributed by atoms with Crippen LogP contribution in [0.4, 0.5) is 4.39 Å². The van der Waals surface area contributed by atoms with Crippen LogP contribution in [0.2, 0.25) is 0 Å². The molecule has 20 heavy (non-hydrogen) atoms. The van der Waals surface area contributed by atoms with E-state index < -0.39 is 5.82 Å². The van der Waals surface area contributed by atoms with Crippen LogP contribution < -0.4 is 10.1 Å². The minimum absolute atomic E-state index is 0.0290. The molecule has 2 aromatic heterocycles. The Kier molecular flexibility index (Phi) is 4.63. The molecule has 0 radical (unpaired) electrons. The van der Waals surface area contributed by atoms with Gasteiger partial charge in [-0.05, 0) is 25.1 Å². The van der Waals surface area contributed by atoms with Gasteiger partial charge >= 0.3 is 0 Å². The van der Waals surface area contributed by atoms with Gasteiger partial charge in [-0.15, -0.1) is 0 Å². The average molecular weight is 275 g/mol. The third-order valence-corrected chi connectivity index (χ3v) is 2.74. The maximum Gasteiger partial charge on any atom is 0.256 e. The van der Waals surface area contributed by atoms with Gasteiger partial charge in [-0.25, -0.2) is 9.37 Å². The fraction of sp³-hybridized carbons (Fsp3) is 0.333. The van der Waals surface area contributed by atoms with Crippen molar-refractivity contribution >= 4 is 0 Å². The van der Waals surface area contributed by atoms with Crippen LogP contribution in [0.5, 0.6) is 11.6 Å². The zero-order valence-corrected chi connectivity index (χ0v) is 11.9. The van der Waals surface area contributed by atoms with E-state index in [1.165, 1.54) is 6.20 Å². The van der Waals surface area contributed by atoms with Gasteiger partial charge in [-0.1, -0.05) is 13.8 Å². The van der Waals surface area contributed by atoms with Crippen molar-refractivity contribution in [3.63, 3.8) is 0 Å². The minimum Gasteiger partial charge on any atom is -0.435 e. The number of hydrogen-bond donors (Lipinski definition) is 1. The minimum atomic E-state index is -0.443. The van der Waals surface area contributed by atoms with Crippen LogP contribution in [0.25, 0.3) is 0 Å². The molecule has 0 atom stereocenters. The molecular formula is C15H18FN3O. The van der Waals surface area contributed by atoms with Gasteiger partial charge in [0.05, 0.1) is 6.20 Å². The highest BCUT2D eigenvalue weighted by Gasteiger charge is 2.12. The lowest BCUT2D eigenvalue weighted by molar-refractivity contribution is 0.414. The average Bonchev–Trinajstić information content (AvgIpc) is 2.42. The van der Waals surface area contributed by atoms with Crippen molar-refractivity contribution < 1.29 is 9.13 Å². The standard InChI is InChI=1S/C15H18FN3O/c1-10(2)18-8-12-6-7-17-15(14(12)16)20-13-5-4-11(3)19-9-13/h4-7,9-10,18H,8H2,1-3H3. The summed E-state index contributed by atoms with van der Waals surface area (Å²) in [5.74, 6) is -0.00379. The maximum atomic E-state index is 14.2. The van der Waals surface area contributed by atoms with Crippen LogP contribution in [-0.2, 0) is 6.54 Å². The van der Waals surface area contributed by atoms with E-state index in [1.54, 1.807) is 24.4 Å². The molecule has 0 aliphatic carbocycles. The number of nitrogens with one attached hydrogen (secondary N) is 1. The molecular weight excluding hydrogens is 257 g/mol. The van der Waals surface area contributed by atoms with Gasteiger partial charge in [0.15, 0.2) is 5.82 Å². The monoisotopic (exact) mass is 275 g/mol. The first-order chi connectivity index (χ1) is 9.56. The third kappa shape index (κ3) is 3.74. The summed E-state index contributed by atoms with van der Waals surface area (Å²) in [6.45, 7) is 6.33. The number of aryl methyl sites for hydroxylation is 1. The number of halogens is 1. The van der Waals surface area contributed by atoms with E-state index in [-0.39, 0.29) is 11.9 Å². The highest BCUT2D eigenvalue weighted by atomic mass is 19.1. The zero-order chi connectivity index (χ0) is 14.5. The van der Waals surface area contributed by atoms with Gasteiger partial charge in [0, 0.05) is 30.0 Å². The predicted octanol–water partition coefficient (Wildman–Crippen LogP) is 3.21. The quantitative estimate of drug-likeness (QED) is 0.910. The topological polar surface area (TPSA) is 47.0 Å². The van der Waals surface area contributed by atoms with Crippen molar-refractivity contribution in [3.05, 3.63) is 47.7 Å². The van der Waals surface area contributed by atoms with E-state index in [9.17, 15) is 4.39 Å². The summed E-state index contributed by atoms with van der Waals surface area (Å²) in [6.07, 6.45) is 3.09. The SMILES string of the molecule is Cc1ccc(Oc2nccc(CNC(C)C)c2F)cn1. The predicted molar refractivity (Wildman–Crippen MR) is 75.2 cm³/mol. The molecule has 0 saturated heterocycles. The van der Waals surface area contributed by atoms with Crippen LogP contribution in [0.15, 0.2) is 30.6 Å². The number of rotatable bonds is 5. The highest BCUT2D eigenvalue weighted by molar-refractivity contribution is 5.29. The Balaban J connectivity index is 2.15. The number of pyridine rings is 2. The molecule has 0 amide bonds. The highest BCUT2D eigenvalue weighted by Crippen LogP contribution is 2.23. The fourth-order valence-corrected chi connectivity index (χ4v) is 1.61. The molecule has 0 aliphatic heterocycles. The van der Waals surface area contributed by atoms with Crippen LogP contribution in [-0.4, -0.2) is 16.0 Å². The lowest BCUT2D eigenvalue weighted by Gasteiger charge is -2.11.